The van der Waals surface area contributed by atoms with E-state index in [9.17, 15) is 4.79 Å². The summed E-state index contributed by atoms with van der Waals surface area (Å²) < 4.78 is 2.20. The summed E-state index contributed by atoms with van der Waals surface area (Å²) >= 11 is 6.15. The summed E-state index contributed by atoms with van der Waals surface area (Å²) in [7, 11) is 0. The average molecular weight is 423 g/mol. The smallest absolute Gasteiger partial charge is 0.223 e. The van der Waals surface area contributed by atoms with Crippen LogP contribution in [-0.4, -0.2) is 21.4 Å². The Kier molecular flexibility index (Phi) is 7.75. The van der Waals surface area contributed by atoms with E-state index in [4.69, 9.17) is 11.6 Å². The largest absolute Gasteiger partial charge is 0.345 e. The van der Waals surface area contributed by atoms with Gasteiger partial charge in [0.05, 0.1) is 6.54 Å². The molecule has 0 spiro atoms. The van der Waals surface area contributed by atoms with Crippen molar-refractivity contribution in [3.63, 3.8) is 0 Å². The van der Waals surface area contributed by atoms with Gasteiger partial charge in [-0.1, -0.05) is 67.9 Å². The number of hydrogen-bond acceptors (Lipinski definition) is 1. The van der Waals surface area contributed by atoms with Crippen molar-refractivity contribution in [3.8, 4) is 0 Å². The standard InChI is InChI=1S/C26H31ClN2O/c1-20(2)21(3)29(26(30)15-14-22-9-5-4-6-10-22)19-25-13-8-16-28(25)18-23-11-7-12-24(27)17-23/h4-13,16-17,20-21H,14-15,18-19H2,1-3H3. The number of rotatable bonds is 9. The van der Waals surface area contributed by atoms with Crippen LogP contribution in [0.15, 0.2) is 72.9 Å². The molecular weight excluding hydrogens is 392 g/mol. The number of carbonyl (C=O) groups excluding carboxylic acids is 1. The number of aromatic nitrogens is 1. The zero-order valence-electron chi connectivity index (χ0n) is 18.1. The van der Waals surface area contributed by atoms with Gasteiger partial charge in [-0.2, -0.15) is 0 Å². The molecule has 1 atom stereocenters. The Balaban J connectivity index is 1.74. The van der Waals surface area contributed by atoms with Gasteiger partial charge < -0.3 is 9.47 Å². The fraction of sp³-hybridized carbons (Fsp3) is 0.346. The number of halogens is 1. The molecule has 0 aliphatic heterocycles. The maximum atomic E-state index is 13.2. The average Bonchev–Trinajstić information content (AvgIpc) is 3.17. The lowest BCUT2D eigenvalue weighted by molar-refractivity contribution is -0.134. The monoisotopic (exact) mass is 422 g/mol. The maximum Gasteiger partial charge on any atom is 0.223 e. The Morgan fingerprint density at radius 2 is 1.70 bits per heavy atom. The normalized spacial score (nSPS) is 12.2. The van der Waals surface area contributed by atoms with Crippen molar-refractivity contribution in [3.05, 3.63) is 94.8 Å². The molecule has 0 radical (unpaired) electrons. The highest BCUT2D eigenvalue weighted by molar-refractivity contribution is 6.30. The van der Waals surface area contributed by atoms with Gasteiger partial charge in [0.1, 0.15) is 0 Å². The van der Waals surface area contributed by atoms with E-state index in [1.165, 1.54) is 5.56 Å². The number of benzene rings is 2. The second-order valence-corrected chi connectivity index (χ2v) is 8.69. The van der Waals surface area contributed by atoms with Crippen LogP contribution in [-0.2, 0) is 24.3 Å². The van der Waals surface area contributed by atoms with E-state index >= 15 is 0 Å². The molecule has 2 aromatic carbocycles. The fourth-order valence-electron chi connectivity index (χ4n) is 3.61. The summed E-state index contributed by atoms with van der Waals surface area (Å²) in [5.74, 6) is 0.595. The maximum absolute atomic E-state index is 13.2. The third-order valence-corrected chi connectivity index (χ3v) is 5.98. The van der Waals surface area contributed by atoms with Gasteiger partial charge >= 0.3 is 0 Å². The highest BCUT2D eigenvalue weighted by Crippen LogP contribution is 2.19. The highest BCUT2D eigenvalue weighted by Gasteiger charge is 2.23. The predicted octanol–water partition coefficient (Wildman–Crippen LogP) is 6.20. The summed E-state index contributed by atoms with van der Waals surface area (Å²) in [4.78, 5) is 15.2. The molecule has 3 aromatic rings. The van der Waals surface area contributed by atoms with Gasteiger partial charge in [0.2, 0.25) is 5.91 Å². The number of carbonyl (C=O) groups is 1. The summed E-state index contributed by atoms with van der Waals surface area (Å²) in [6.45, 7) is 7.85. The Morgan fingerprint density at radius 1 is 0.967 bits per heavy atom. The lowest BCUT2D eigenvalue weighted by Crippen LogP contribution is -2.41. The Bertz CT molecular complexity index is 948. The molecule has 4 heteroatoms. The van der Waals surface area contributed by atoms with Gasteiger partial charge in [0, 0.05) is 35.9 Å². The molecule has 0 aliphatic rings. The first-order valence-corrected chi connectivity index (χ1v) is 11.0. The zero-order chi connectivity index (χ0) is 21.5. The molecule has 0 aliphatic carbocycles. The second kappa shape index (κ2) is 10.5. The molecule has 0 bridgehead atoms. The summed E-state index contributed by atoms with van der Waals surface area (Å²) in [5.41, 5.74) is 3.49. The van der Waals surface area contributed by atoms with Crippen LogP contribution in [0.3, 0.4) is 0 Å². The summed E-state index contributed by atoms with van der Waals surface area (Å²) in [6, 6.07) is 22.5. The molecule has 1 aromatic heterocycles. The SMILES string of the molecule is CC(C)C(C)N(Cc1cccn1Cc1cccc(Cl)c1)C(=O)CCc1ccccc1. The van der Waals surface area contributed by atoms with E-state index < -0.39 is 0 Å². The molecule has 0 fully saturated rings. The molecule has 0 N–H and O–H groups in total. The van der Waals surface area contributed by atoms with Crippen LogP contribution in [0.4, 0.5) is 0 Å². The molecule has 3 nitrogen and oxygen atoms in total. The van der Waals surface area contributed by atoms with Crippen molar-refractivity contribution in [2.75, 3.05) is 0 Å². The molecule has 1 heterocycles. The number of nitrogens with zero attached hydrogens (tertiary/aromatic N) is 2. The van der Waals surface area contributed by atoms with Crippen LogP contribution in [0.25, 0.3) is 0 Å². The minimum atomic E-state index is 0.169. The van der Waals surface area contributed by atoms with Crippen LogP contribution in [0, 0.1) is 5.92 Å². The Hall–Kier alpha value is -2.52. The number of amides is 1. The van der Waals surface area contributed by atoms with Crippen molar-refractivity contribution >= 4 is 17.5 Å². The zero-order valence-corrected chi connectivity index (χ0v) is 18.8. The molecule has 0 saturated heterocycles. The Labute approximate surface area is 185 Å². The van der Waals surface area contributed by atoms with E-state index in [1.807, 2.05) is 47.4 Å². The second-order valence-electron chi connectivity index (χ2n) is 8.25. The predicted molar refractivity (Wildman–Crippen MR) is 125 cm³/mol. The molecule has 3 rings (SSSR count). The van der Waals surface area contributed by atoms with E-state index in [-0.39, 0.29) is 11.9 Å². The molecule has 1 amide bonds. The van der Waals surface area contributed by atoms with Gasteiger partial charge in [-0.05, 0) is 54.7 Å². The van der Waals surface area contributed by atoms with Crippen molar-refractivity contribution in [1.29, 1.82) is 0 Å². The van der Waals surface area contributed by atoms with Crippen LogP contribution in [0.5, 0.6) is 0 Å². The summed E-state index contributed by atoms with van der Waals surface area (Å²) in [6.07, 6.45) is 3.36. The molecule has 158 valence electrons. The molecule has 30 heavy (non-hydrogen) atoms. The number of hydrogen-bond donors (Lipinski definition) is 0. The number of aryl methyl sites for hydroxylation is 1. The van der Waals surface area contributed by atoms with E-state index in [2.05, 4.69) is 55.8 Å². The first-order valence-electron chi connectivity index (χ1n) is 10.7. The quantitative estimate of drug-likeness (QED) is 0.403. The minimum Gasteiger partial charge on any atom is -0.345 e. The molecular formula is C26H31ClN2O. The van der Waals surface area contributed by atoms with E-state index in [0.717, 1.165) is 29.2 Å². The lowest BCUT2D eigenvalue weighted by Gasteiger charge is -2.32. The molecule has 0 saturated carbocycles. The van der Waals surface area contributed by atoms with Gasteiger partial charge in [-0.25, -0.2) is 0 Å². The van der Waals surface area contributed by atoms with Gasteiger partial charge in [-0.3, -0.25) is 4.79 Å². The van der Waals surface area contributed by atoms with E-state index in [1.54, 1.807) is 0 Å². The molecule has 1 unspecified atom stereocenters. The topological polar surface area (TPSA) is 25.2 Å². The van der Waals surface area contributed by atoms with Crippen molar-refractivity contribution in [2.45, 2.75) is 52.7 Å². The van der Waals surface area contributed by atoms with Crippen molar-refractivity contribution < 1.29 is 4.79 Å². The van der Waals surface area contributed by atoms with Crippen LogP contribution >= 0.6 is 11.6 Å². The Morgan fingerprint density at radius 3 is 2.40 bits per heavy atom. The van der Waals surface area contributed by atoms with Gasteiger partial charge in [-0.15, -0.1) is 0 Å². The van der Waals surface area contributed by atoms with Crippen molar-refractivity contribution in [1.82, 2.24) is 9.47 Å². The van der Waals surface area contributed by atoms with Crippen LogP contribution in [0.2, 0.25) is 5.02 Å². The van der Waals surface area contributed by atoms with Crippen molar-refractivity contribution in [2.24, 2.45) is 5.92 Å². The third kappa shape index (κ3) is 5.99. The lowest BCUT2D eigenvalue weighted by atomic mass is 10.0. The fourth-order valence-corrected chi connectivity index (χ4v) is 3.83. The summed E-state index contributed by atoms with van der Waals surface area (Å²) in [5, 5.41) is 0.743. The van der Waals surface area contributed by atoms with Crippen LogP contribution in [0.1, 0.15) is 44.0 Å². The third-order valence-electron chi connectivity index (χ3n) is 5.74. The van der Waals surface area contributed by atoms with Gasteiger partial charge in [0.15, 0.2) is 0 Å². The van der Waals surface area contributed by atoms with E-state index in [0.29, 0.717) is 18.9 Å². The highest BCUT2D eigenvalue weighted by atomic mass is 35.5. The van der Waals surface area contributed by atoms with Gasteiger partial charge in [0.25, 0.3) is 0 Å². The van der Waals surface area contributed by atoms with Crippen LogP contribution < -0.4 is 0 Å². The first-order chi connectivity index (χ1) is 14.4. The first kappa shape index (κ1) is 22.2. The minimum absolute atomic E-state index is 0.169.